The van der Waals surface area contributed by atoms with Crippen molar-refractivity contribution in [2.45, 2.75) is 4.90 Å². The quantitative estimate of drug-likeness (QED) is 0.339. The summed E-state index contributed by atoms with van der Waals surface area (Å²) in [5.74, 6) is 0. The van der Waals surface area contributed by atoms with Crippen molar-refractivity contribution < 1.29 is 27.8 Å². The molecule has 1 rings (SSSR count). The van der Waals surface area contributed by atoms with Crippen LogP contribution in [0.2, 0.25) is 0 Å². The van der Waals surface area contributed by atoms with Gasteiger partial charge in [0.15, 0.2) is 0 Å². The van der Waals surface area contributed by atoms with Crippen LogP contribution in [-0.2, 0) is 14.9 Å². The third-order valence-electron chi connectivity index (χ3n) is 1.58. The van der Waals surface area contributed by atoms with E-state index in [-0.39, 0.29) is 6.47 Å². The number of benzene rings is 1. The zero-order valence-corrected chi connectivity index (χ0v) is 9.36. The average molecular weight is 274 g/mol. The molecule has 18 heavy (non-hydrogen) atoms. The first-order valence-corrected chi connectivity index (χ1v) is 5.45. The lowest BCUT2D eigenvalue weighted by atomic mass is 10.2. The van der Waals surface area contributed by atoms with Crippen molar-refractivity contribution in [1.29, 1.82) is 5.26 Å². The van der Waals surface area contributed by atoms with Gasteiger partial charge in [-0.25, -0.2) is 0 Å². The maximum absolute atomic E-state index is 10.7. The summed E-state index contributed by atoms with van der Waals surface area (Å²) < 4.78 is 29.9. The van der Waals surface area contributed by atoms with Gasteiger partial charge in [-0.2, -0.15) is 13.7 Å². The molecule has 1 aromatic carbocycles. The molecule has 0 aliphatic heterocycles. The first-order chi connectivity index (χ1) is 8.27. The van der Waals surface area contributed by atoms with Crippen molar-refractivity contribution in [2.24, 2.45) is 0 Å². The fourth-order valence-corrected chi connectivity index (χ4v) is 1.43. The van der Waals surface area contributed by atoms with Gasteiger partial charge in [-0.3, -0.25) is 19.5 Å². The van der Waals surface area contributed by atoms with Crippen LogP contribution in [0.25, 0.3) is 0 Å². The third-order valence-corrected chi connectivity index (χ3v) is 2.43. The molecule has 0 fully saturated rings. The summed E-state index contributed by atoms with van der Waals surface area (Å²) in [6, 6.07) is 3.92. The van der Waals surface area contributed by atoms with Gasteiger partial charge in [-0.15, -0.1) is 0 Å². The molecule has 0 bridgehead atoms. The molecule has 1 aromatic rings. The predicted octanol–water partition coefficient (Wildman–Crippen LogP) is 0.414. The van der Waals surface area contributed by atoms with Crippen molar-refractivity contribution in [1.82, 2.24) is 0 Å². The Morgan fingerprint density at radius 1 is 1.44 bits per heavy atom. The first kappa shape index (κ1) is 15.5. The van der Waals surface area contributed by atoms with Crippen molar-refractivity contribution >= 4 is 22.3 Å². The molecule has 0 unspecified atom stereocenters. The summed E-state index contributed by atoms with van der Waals surface area (Å²) in [6.45, 7) is -0.250. The first-order valence-electron chi connectivity index (χ1n) is 4.01. The molecule has 0 saturated heterocycles. The van der Waals surface area contributed by atoms with E-state index in [9.17, 15) is 18.5 Å². The molecule has 0 atom stereocenters. The van der Waals surface area contributed by atoms with E-state index in [1.54, 1.807) is 0 Å². The van der Waals surface area contributed by atoms with Crippen LogP contribution in [0.5, 0.6) is 0 Å². The Morgan fingerprint density at radius 2 is 1.94 bits per heavy atom. The van der Waals surface area contributed by atoms with Crippen molar-refractivity contribution in [3.63, 3.8) is 0 Å². The van der Waals surface area contributed by atoms with Crippen LogP contribution in [0.3, 0.4) is 0 Å². The Kier molecular flexibility index (Phi) is 5.40. The highest BCUT2D eigenvalue weighted by atomic mass is 32.2. The Bertz CT molecular complexity index is 602. The number of rotatable bonds is 2. The van der Waals surface area contributed by atoms with Gasteiger partial charge in [-0.1, -0.05) is 0 Å². The summed E-state index contributed by atoms with van der Waals surface area (Å²) in [7, 11) is -4.45. The molecule has 0 amide bonds. The Morgan fingerprint density at radius 3 is 2.28 bits per heavy atom. The standard InChI is InChI=1S/C7H4N2O5S.CH2O2/c8-4-5-3-6(15(12,13)14)1-2-7(5)9(10)11;2-1-3/h1-3H,(H,12,13,14);1H,(H,2,3). The number of hydrogen-bond donors (Lipinski definition) is 2. The fraction of sp³-hybridized carbons (Fsp3) is 0. The molecular weight excluding hydrogens is 268 g/mol. The zero-order chi connectivity index (χ0) is 14.3. The van der Waals surface area contributed by atoms with E-state index in [0.717, 1.165) is 18.2 Å². The van der Waals surface area contributed by atoms with E-state index in [1.165, 1.54) is 6.07 Å². The molecular formula is C8H6N2O7S. The maximum atomic E-state index is 10.7. The normalized spacial score (nSPS) is 9.56. The van der Waals surface area contributed by atoms with Crippen molar-refractivity contribution in [2.75, 3.05) is 0 Å². The summed E-state index contributed by atoms with van der Waals surface area (Å²) in [5.41, 5.74) is -0.931. The molecule has 2 N–H and O–H groups in total. The van der Waals surface area contributed by atoms with Crippen molar-refractivity contribution in [3.05, 3.63) is 33.9 Å². The molecule has 0 heterocycles. The largest absolute Gasteiger partial charge is 0.483 e. The molecule has 0 radical (unpaired) electrons. The second kappa shape index (κ2) is 6.28. The van der Waals surface area contributed by atoms with E-state index in [1.807, 2.05) is 0 Å². The molecule has 96 valence electrons. The van der Waals surface area contributed by atoms with Gasteiger partial charge >= 0.3 is 0 Å². The Labute approximate surface area is 101 Å². The van der Waals surface area contributed by atoms with E-state index >= 15 is 0 Å². The van der Waals surface area contributed by atoms with Crippen LogP contribution in [0.1, 0.15) is 5.56 Å². The number of nitro groups is 1. The summed E-state index contributed by atoms with van der Waals surface area (Å²) in [4.78, 5) is 17.4. The highest BCUT2D eigenvalue weighted by Gasteiger charge is 2.18. The minimum absolute atomic E-state index is 0.250. The average Bonchev–Trinajstić information content (AvgIpc) is 2.27. The van der Waals surface area contributed by atoms with Crippen molar-refractivity contribution in [3.8, 4) is 6.07 Å². The number of nitriles is 1. The van der Waals surface area contributed by atoms with E-state index in [2.05, 4.69) is 0 Å². The van der Waals surface area contributed by atoms with E-state index < -0.39 is 31.2 Å². The molecule has 0 aliphatic carbocycles. The fourth-order valence-electron chi connectivity index (χ4n) is 0.924. The summed E-state index contributed by atoms with van der Waals surface area (Å²) in [6.07, 6.45) is 0. The number of carboxylic acid groups (broad SMARTS) is 1. The minimum atomic E-state index is -4.45. The van der Waals surface area contributed by atoms with Gasteiger partial charge in [0, 0.05) is 6.07 Å². The van der Waals surface area contributed by atoms with Crippen LogP contribution in [-0.4, -0.2) is 29.5 Å². The smallest absolute Gasteiger partial charge is 0.294 e. The molecule has 0 aromatic heterocycles. The van der Waals surface area contributed by atoms with Gasteiger partial charge in [0.2, 0.25) is 0 Å². The van der Waals surface area contributed by atoms with Gasteiger partial charge in [0.05, 0.1) is 9.82 Å². The van der Waals surface area contributed by atoms with Crippen LogP contribution in [0, 0.1) is 21.4 Å². The highest BCUT2D eigenvalue weighted by Crippen LogP contribution is 2.21. The number of nitrogens with zero attached hydrogens (tertiary/aromatic N) is 2. The summed E-state index contributed by atoms with van der Waals surface area (Å²) >= 11 is 0. The maximum Gasteiger partial charge on any atom is 0.294 e. The van der Waals surface area contributed by atoms with E-state index in [0.29, 0.717) is 0 Å². The molecule has 0 aliphatic rings. The number of hydrogen-bond acceptors (Lipinski definition) is 6. The SMILES string of the molecule is N#Cc1cc(S(=O)(=O)O)ccc1[N+](=O)[O-].O=CO. The molecule has 0 spiro atoms. The van der Waals surface area contributed by atoms with E-state index in [4.69, 9.17) is 19.7 Å². The Hall–Kier alpha value is -2.51. The van der Waals surface area contributed by atoms with Crippen LogP contribution in [0.15, 0.2) is 23.1 Å². The molecule has 0 saturated carbocycles. The third kappa shape index (κ3) is 4.16. The lowest BCUT2D eigenvalue weighted by molar-refractivity contribution is -0.385. The predicted molar refractivity (Wildman–Crippen MR) is 56.3 cm³/mol. The van der Waals surface area contributed by atoms with Gasteiger partial charge in [0.1, 0.15) is 11.6 Å². The second-order valence-electron chi connectivity index (χ2n) is 2.63. The Balaban J connectivity index is 0.000000873. The van der Waals surface area contributed by atoms with Crippen LogP contribution >= 0.6 is 0 Å². The number of carbonyl (C=O) groups is 1. The highest BCUT2D eigenvalue weighted by molar-refractivity contribution is 7.85. The lowest BCUT2D eigenvalue weighted by Crippen LogP contribution is -2.00. The van der Waals surface area contributed by atoms with Crippen LogP contribution in [0.4, 0.5) is 5.69 Å². The monoisotopic (exact) mass is 274 g/mol. The van der Waals surface area contributed by atoms with Gasteiger partial charge in [-0.05, 0) is 12.1 Å². The second-order valence-corrected chi connectivity index (χ2v) is 4.05. The summed E-state index contributed by atoms with van der Waals surface area (Å²) in [5, 5.41) is 25.8. The topological polar surface area (TPSA) is 159 Å². The van der Waals surface area contributed by atoms with Gasteiger partial charge < -0.3 is 5.11 Å². The molecule has 10 heteroatoms. The lowest BCUT2D eigenvalue weighted by Gasteiger charge is -1.98. The number of nitro benzene ring substituents is 1. The minimum Gasteiger partial charge on any atom is -0.483 e. The zero-order valence-electron chi connectivity index (χ0n) is 8.55. The van der Waals surface area contributed by atoms with Gasteiger partial charge in [0.25, 0.3) is 22.3 Å². The molecule has 9 nitrogen and oxygen atoms in total. The van der Waals surface area contributed by atoms with Crippen LogP contribution < -0.4 is 0 Å².